The van der Waals surface area contributed by atoms with Crippen LogP contribution in [0.5, 0.6) is 0 Å². The molecule has 2 N–H and O–H groups in total. The van der Waals surface area contributed by atoms with E-state index in [1.54, 1.807) is 25.7 Å². The predicted molar refractivity (Wildman–Crippen MR) is 131 cm³/mol. The van der Waals surface area contributed by atoms with Gasteiger partial charge >= 0.3 is 18.3 Å². The first-order chi connectivity index (χ1) is 15.9. The van der Waals surface area contributed by atoms with Crippen LogP contribution in [0.4, 0.5) is 14.4 Å². The molecule has 0 bridgehead atoms. The van der Waals surface area contributed by atoms with Gasteiger partial charge in [0.15, 0.2) is 0 Å². The third-order valence-corrected chi connectivity index (χ3v) is 4.26. The molecule has 9 heteroatoms. The van der Waals surface area contributed by atoms with Crippen LogP contribution in [0.1, 0.15) is 66.4 Å². The molecule has 0 saturated heterocycles. The fourth-order valence-corrected chi connectivity index (χ4v) is 2.81. The van der Waals surface area contributed by atoms with E-state index in [4.69, 9.17) is 14.2 Å². The molecule has 0 heterocycles. The number of ether oxygens (including phenoxy) is 3. The van der Waals surface area contributed by atoms with Crippen molar-refractivity contribution in [1.29, 1.82) is 0 Å². The lowest BCUT2D eigenvalue weighted by molar-refractivity contribution is 0.0511. The lowest BCUT2D eigenvalue weighted by Gasteiger charge is -2.23. The Balaban J connectivity index is 2.47. The third-order valence-electron chi connectivity index (χ3n) is 4.26. The molecule has 0 saturated carbocycles. The summed E-state index contributed by atoms with van der Waals surface area (Å²) in [6.07, 6.45) is 0.545. The van der Waals surface area contributed by atoms with Gasteiger partial charge in [0.2, 0.25) is 0 Å². The van der Waals surface area contributed by atoms with Gasteiger partial charge in [0, 0.05) is 26.2 Å². The van der Waals surface area contributed by atoms with Gasteiger partial charge in [0.05, 0.1) is 0 Å². The second-order valence-corrected chi connectivity index (χ2v) is 9.95. The Hall–Kier alpha value is -2.97. The zero-order chi connectivity index (χ0) is 25.6. The first-order valence-corrected chi connectivity index (χ1v) is 11.7. The first-order valence-electron chi connectivity index (χ1n) is 11.7. The van der Waals surface area contributed by atoms with E-state index >= 15 is 0 Å². The zero-order valence-electron chi connectivity index (χ0n) is 21.4. The van der Waals surface area contributed by atoms with Gasteiger partial charge in [-0.05, 0) is 66.4 Å². The highest BCUT2D eigenvalue weighted by Crippen LogP contribution is 2.08. The number of alkyl carbamates (subject to hydrolysis) is 2. The molecule has 0 fully saturated rings. The van der Waals surface area contributed by atoms with Crippen LogP contribution in [-0.4, -0.2) is 60.6 Å². The Morgan fingerprint density at radius 3 is 1.79 bits per heavy atom. The van der Waals surface area contributed by atoms with Crippen LogP contribution in [-0.2, 0) is 20.8 Å². The van der Waals surface area contributed by atoms with Gasteiger partial charge in [-0.3, -0.25) is 0 Å². The van der Waals surface area contributed by atoms with Crippen LogP contribution in [0.2, 0.25) is 0 Å². The Morgan fingerprint density at radius 2 is 1.26 bits per heavy atom. The molecule has 0 unspecified atom stereocenters. The summed E-state index contributed by atoms with van der Waals surface area (Å²) < 4.78 is 15.9. The van der Waals surface area contributed by atoms with Crippen LogP contribution in [0.25, 0.3) is 0 Å². The summed E-state index contributed by atoms with van der Waals surface area (Å²) in [5, 5.41) is 5.41. The maximum absolute atomic E-state index is 12.7. The second kappa shape index (κ2) is 14.3. The van der Waals surface area contributed by atoms with Crippen molar-refractivity contribution in [3.05, 3.63) is 35.9 Å². The number of carbonyl (C=O) groups is 3. The largest absolute Gasteiger partial charge is 0.445 e. The van der Waals surface area contributed by atoms with Crippen molar-refractivity contribution in [3.8, 4) is 0 Å². The molecule has 1 rings (SSSR count). The molecule has 1 aromatic carbocycles. The van der Waals surface area contributed by atoms with Crippen molar-refractivity contribution in [2.24, 2.45) is 0 Å². The van der Waals surface area contributed by atoms with E-state index in [0.29, 0.717) is 45.4 Å². The molecule has 0 aliphatic carbocycles. The zero-order valence-corrected chi connectivity index (χ0v) is 21.4. The van der Waals surface area contributed by atoms with Crippen molar-refractivity contribution >= 4 is 18.3 Å². The molecule has 0 aliphatic heterocycles. The number of hydrogen-bond acceptors (Lipinski definition) is 6. The van der Waals surface area contributed by atoms with Gasteiger partial charge in [-0.25, -0.2) is 14.4 Å². The highest BCUT2D eigenvalue weighted by atomic mass is 16.6. The molecule has 0 spiro atoms. The molecule has 1 aromatic rings. The predicted octanol–water partition coefficient (Wildman–Crippen LogP) is 4.84. The summed E-state index contributed by atoms with van der Waals surface area (Å²) in [5.41, 5.74) is -0.203. The Bertz CT molecular complexity index is 756. The van der Waals surface area contributed by atoms with Crippen LogP contribution in [0.15, 0.2) is 30.3 Å². The van der Waals surface area contributed by atoms with Crippen molar-refractivity contribution in [1.82, 2.24) is 15.5 Å². The fraction of sp³-hybridized carbons (Fsp3) is 0.640. The number of rotatable bonds is 11. The number of nitrogens with zero attached hydrogens (tertiary/aromatic N) is 1. The van der Waals surface area contributed by atoms with Gasteiger partial charge < -0.3 is 29.7 Å². The molecule has 0 aliphatic rings. The first kappa shape index (κ1) is 29.1. The Labute approximate surface area is 203 Å². The lowest BCUT2D eigenvalue weighted by Crippen LogP contribution is -2.37. The third kappa shape index (κ3) is 15.0. The molecule has 0 aromatic heterocycles. The van der Waals surface area contributed by atoms with Crippen molar-refractivity contribution in [2.45, 2.75) is 78.6 Å². The number of amides is 3. The number of carbonyl (C=O) groups excluding carboxylic acids is 3. The molecule has 3 amide bonds. The lowest BCUT2D eigenvalue weighted by atomic mass is 10.2. The summed E-state index contributed by atoms with van der Waals surface area (Å²) in [4.78, 5) is 37.8. The van der Waals surface area contributed by atoms with Crippen molar-refractivity contribution in [3.63, 3.8) is 0 Å². The van der Waals surface area contributed by atoms with E-state index in [1.165, 1.54) is 0 Å². The van der Waals surface area contributed by atoms with Gasteiger partial charge in [0.1, 0.15) is 17.8 Å². The number of benzene rings is 1. The van der Waals surface area contributed by atoms with Gasteiger partial charge in [0.25, 0.3) is 0 Å². The van der Waals surface area contributed by atoms with Crippen molar-refractivity contribution < 1.29 is 28.6 Å². The highest BCUT2D eigenvalue weighted by Gasteiger charge is 2.18. The molecule has 9 nitrogen and oxygen atoms in total. The molecular formula is C25H41N3O6. The minimum absolute atomic E-state index is 0.187. The second-order valence-electron chi connectivity index (χ2n) is 9.95. The van der Waals surface area contributed by atoms with Gasteiger partial charge in [-0.2, -0.15) is 0 Å². The van der Waals surface area contributed by atoms with Crippen LogP contribution in [0.3, 0.4) is 0 Å². The molecule has 192 valence electrons. The topological polar surface area (TPSA) is 106 Å². The molecule has 0 radical (unpaired) electrons. The van der Waals surface area contributed by atoms with E-state index < -0.39 is 29.5 Å². The Kier molecular flexibility index (Phi) is 12.2. The maximum atomic E-state index is 12.7. The van der Waals surface area contributed by atoms with Crippen LogP contribution >= 0.6 is 0 Å². The van der Waals surface area contributed by atoms with Crippen LogP contribution < -0.4 is 10.6 Å². The standard InChI is InChI=1S/C25H41N3O6/c1-24(2,3)33-21(29)26-15-10-11-17-28(18-12-16-27-22(30)34-25(4,5)6)23(31)32-19-20-13-8-7-9-14-20/h7-9,13-14H,10-12,15-19H2,1-6H3,(H,26,29)(H,27,30). The summed E-state index contributed by atoms with van der Waals surface area (Å²) in [6, 6.07) is 9.47. The van der Waals surface area contributed by atoms with E-state index in [9.17, 15) is 14.4 Å². The van der Waals surface area contributed by atoms with E-state index in [1.807, 2.05) is 51.1 Å². The fourth-order valence-electron chi connectivity index (χ4n) is 2.81. The van der Waals surface area contributed by atoms with Gasteiger partial charge in [-0.15, -0.1) is 0 Å². The molecule has 34 heavy (non-hydrogen) atoms. The number of hydrogen-bond donors (Lipinski definition) is 2. The van der Waals surface area contributed by atoms with E-state index in [2.05, 4.69) is 10.6 Å². The number of nitrogens with one attached hydrogen (secondary N) is 2. The minimum atomic E-state index is -0.565. The minimum Gasteiger partial charge on any atom is -0.445 e. The van der Waals surface area contributed by atoms with E-state index in [0.717, 1.165) is 5.56 Å². The average Bonchev–Trinajstić information content (AvgIpc) is 2.71. The summed E-state index contributed by atoms with van der Waals surface area (Å²) in [6.45, 7) is 12.7. The van der Waals surface area contributed by atoms with Gasteiger partial charge in [-0.1, -0.05) is 30.3 Å². The van der Waals surface area contributed by atoms with Crippen molar-refractivity contribution in [2.75, 3.05) is 26.2 Å². The average molecular weight is 480 g/mol. The smallest absolute Gasteiger partial charge is 0.410 e. The normalized spacial score (nSPS) is 11.4. The summed E-state index contributed by atoms with van der Waals surface area (Å²) >= 11 is 0. The highest BCUT2D eigenvalue weighted by molar-refractivity contribution is 5.68. The van der Waals surface area contributed by atoms with E-state index in [-0.39, 0.29) is 6.61 Å². The molecular weight excluding hydrogens is 438 g/mol. The summed E-state index contributed by atoms with van der Waals surface area (Å²) in [5.74, 6) is 0. The monoisotopic (exact) mass is 479 g/mol. The Morgan fingerprint density at radius 1 is 0.765 bits per heavy atom. The quantitative estimate of drug-likeness (QED) is 0.347. The maximum Gasteiger partial charge on any atom is 0.410 e. The SMILES string of the molecule is CC(C)(C)OC(=O)NCCCCN(CCCNC(=O)OC(C)(C)C)C(=O)OCc1ccccc1. The summed E-state index contributed by atoms with van der Waals surface area (Å²) in [7, 11) is 0. The molecule has 0 atom stereocenters. The van der Waals surface area contributed by atoms with Crippen LogP contribution in [0, 0.1) is 0 Å². The number of unbranched alkanes of at least 4 members (excludes halogenated alkanes) is 1.